The van der Waals surface area contributed by atoms with Gasteiger partial charge in [0.1, 0.15) is 0 Å². The van der Waals surface area contributed by atoms with Gasteiger partial charge in [-0.1, -0.05) is 202 Å². The van der Waals surface area contributed by atoms with Crippen molar-refractivity contribution in [2.75, 3.05) is 0 Å². The maximum Gasteiger partial charge on any atom is 0 e. The summed E-state index contributed by atoms with van der Waals surface area (Å²) in [7, 11) is 0. The van der Waals surface area contributed by atoms with Crippen LogP contribution in [-0.2, 0) is 47.5 Å². The van der Waals surface area contributed by atoms with Crippen LogP contribution in [0.3, 0.4) is 0 Å². The van der Waals surface area contributed by atoms with Gasteiger partial charge in [0.05, 0.1) is 0 Å². The molecule has 280 valence electrons. The predicted octanol–water partition coefficient (Wildman–Crippen LogP) is 15.9. The summed E-state index contributed by atoms with van der Waals surface area (Å²) in [6.45, 7) is 27.6. The van der Waals surface area contributed by atoms with Crippen molar-refractivity contribution in [1.82, 2.24) is 0 Å². The maximum absolute atomic E-state index is 2.39. The van der Waals surface area contributed by atoms with Gasteiger partial charge in [0, 0.05) is 25.8 Å². The Balaban J connectivity index is 0.000000184. The van der Waals surface area contributed by atoms with Crippen LogP contribution in [0.2, 0.25) is 0 Å². The Kier molecular flexibility index (Phi) is 10.9. The standard InChI is InChI=1S/2C27H29.Hf/c2*1-26(2,3)24-15-23(16-25(17-24)27(4,5)6)22-13-20-11-18-9-7-8-10-19(18)12-21(20)14-22;/h2*7-17H,1-6H3;/q2*-1;. The first-order chi connectivity index (χ1) is 25.2. The molecular formula is C54H58Hf-2. The van der Waals surface area contributed by atoms with Gasteiger partial charge in [-0.15, -0.1) is 69.1 Å². The molecular weight excluding hydrogens is 827 g/mol. The minimum atomic E-state index is 0. The zero-order valence-corrected chi connectivity index (χ0v) is 38.8. The van der Waals surface area contributed by atoms with Crippen LogP contribution >= 0.6 is 0 Å². The number of rotatable bonds is 2. The molecule has 0 saturated carbocycles. The summed E-state index contributed by atoms with van der Waals surface area (Å²) in [4.78, 5) is 0. The molecule has 0 fully saturated rings. The first kappa shape index (κ1) is 40.6. The second-order valence-electron chi connectivity index (χ2n) is 19.7. The minimum absolute atomic E-state index is 0. The average Bonchev–Trinajstić information content (AvgIpc) is 3.71. The van der Waals surface area contributed by atoms with Crippen molar-refractivity contribution < 1.29 is 25.8 Å². The van der Waals surface area contributed by atoms with Gasteiger partial charge in [-0.3, -0.25) is 0 Å². The molecule has 0 aliphatic carbocycles. The molecule has 0 nitrogen and oxygen atoms in total. The van der Waals surface area contributed by atoms with Crippen LogP contribution in [0.15, 0.2) is 133 Å². The van der Waals surface area contributed by atoms with E-state index in [9.17, 15) is 0 Å². The van der Waals surface area contributed by atoms with Crippen LogP contribution in [0.25, 0.3) is 65.3 Å². The molecule has 0 aliphatic rings. The van der Waals surface area contributed by atoms with Crippen molar-refractivity contribution in [2.45, 2.75) is 105 Å². The van der Waals surface area contributed by atoms with Crippen molar-refractivity contribution in [2.24, 2.45) is 0 Å². The van der Waals surface area contributed by atoms with Crippen LogP contribution in [0, 0.1) is 0 Å². The molecule has 8 aromatic rings. The summed E-state index contributed by atoms with van der Waals surface area (Å²) in [6, 6.07) is 50.1. The fraction of sp³-hybridized carbons (Fsp3) is 0.296. The number of hydrogen-bond donors (Lipinski definition) is 0. The first-order valence-electron chi connectivity index (χ1n) is 19.7. The molecule has 0 aromatic heterocycles. The van der Waals surface area contributed by atoms with E-state index >= 15 is 0 Å². The van der Waals surface area contributed by atoms with Gasteiger partial charge in [-0.2, -0.15) is 0 Å². The smallest absolute Gasteiger partial charge is 0 e. The summed E-state index contributed by atoms with van der Waals surface area (Å²) in [6.07, 6.45) is 0. The zero-order chi connectivity index (χ0) is 38.8. The van der Waals surface area contributed by atoms with E-state index in [4.69, 9.17) is 0 Å². The molecule has 55 heavy (non-hydrogen) atoms. The molecule has 1 heteroatoms. The van der Waals surface area contributed by atoms with Crippen molar-refractivity contribution in [3.05, 3.63) is 156 Å². The summed E-state index contributed by atoms with van der Waals surface area (Å²) < 4.78 is 0. The Morgan fingerprint density at radius 3 is 0.855 bits per heavy atom. The van der Waals surface area contributed by atoms with Gasteiger partial charge in [0.25, 0.3) is 0 Å². The van der Waals surface area contributed by atoms with E-state index in [1.165, 1.54) is 87.6 Å². The molecule has 0 amide bonds. The maximum atomic E-state index is 2.39. The fourth-order valence-electron chi connectivity index (χ4n) is 7.46. The fourth-order valence-corrected chi connectivity index (χ4v) is 7.46. The summed E-state index contributed by atoms with van der Waals surface area (Å²) >= 11 is 0. The molecule has 0 heterocycles. The largest absolute Gasteiger partial charge is 0.145 e. The first-order valence-corrected chi connectivity index (χ1v) is 19.7. The van der Waals surface area contributed by atoms with Gasteiger partial charge in [0.15, 0.2) is 0 Å². The van der Waals surface area contributed by atoms with E-state index < -0.39 is 0 Å². The van der Waals surface area contributed by atoms with E-state index in [0.29, 0.717) is 0 Å². The molecule has 0 saturated heterocycles. The van der Waals surface area contributed by atoms with E-state index in [1.54, 1.807) is 0 Å². The van der Waals surface area contributed by atoms with Crippen LogP contribution in [0.1, 0.15) is 105 Å². The Morgan fingerprint density at radius 1 is 0.309 bits per heavy atom. The zero-order valence-electron chi connectivity index (χ0n) is 35.2. The third-order valence-electron chi connectivity index (χ3n) is 11.1. The van der Waals surface area contributed by atoms with E-state index in [0.717, 1.165) is 0 Å². The van der Waals surface area contributed by atoms with E-state index in [1.807, 2.05) is 0 Å². The predicted molar refractivity (Wildman–Crippen MR) is 240 cm³/mol. The second-order valence-corrected chi connectivity index (χ2v) is 19.7. The number of fused-ring (bicyclic) bond motifs is 4. The van der Waals surface area contributed by atoms with Crippen molar-refractivity contribution in [1.29, 1.82) is 0 Å². The SMILES string of the molecule is CC(C)(C)c1cc(-c2cc3cc4ccccc4cc3[cH-]2)cc(C(C)(C)C)c1.CC(C)(C)c1cc(-c2cc3cc4ccccc4cc3[cH-]2)cc(C(C)(C)C)c1.[Hf]. The summed E-state index contributed by atoms with van der Waals surface area (Å²) in [5, 5.41) is 10.5. The van der Waals surface area contributed by atoms with Crippen molar-refractivity contribution in [3.63, 3.8) is 0 Å². The molecule has 8 aromatic carbocycles. The van der Waals surface area contributed by atoms with Crippen LogP contribution < -0.4 is 0 Å². The van der Waals surface area contributed by atoms with E-state index in [2.05, 4.69) is 217 Å². The monoisotopic (exact) mass is 886 g/mol. The Labute approximate surface area is 349 Å². The topological polar surface area (TPSA) is 0 Å². The van der Waals surface area contributed by atoms with E-state index in [-0.39, 0.29) is 47.5 Å². The number of hydrogen-bond acceptors (Lipinski definition) is 0. The third-order valence-corrected chi connectivity index (χ3v) is 11.1. The van der Waals surface area contributed by atoms with Crippen LogP contribution in [0.5, 0.6) is 0 Å². The van der Waals surface area contributed by atoms with Crippen LogP contribution in [-0.4, -0.2) is 0 Å². The molecule has 8 rings (SSSR count). The Bertz CT molecular complexity index is 2270. The summed E-state index contributed by atoms with van der Waals surface area (Å²) in [5.41, 5.74) is 11.4. The molecule has 0 atom stereocenters. The molecule has 0 aliphatic heterocycles. The van der Waals surface area contributed by atoms with Crippen molar-refractivity contribution in [3.8, 4) is 22.3 Å². The van der Waals surface area contributed by atoms with Crippen molar-refractivity contribution >= 4 is 43.1 Å². The molecule has 0 N–H and O–H groups in total. The molecule has 0 unspecified atom stereocenters. The Morgan fingerprint density at radius 2 is 0.582 bits per heavy atom. The average molecular weight is 886 g/mol. The Hall–Kier alpha value is -4.07. The third kappa shape index (κ3) is 8.84. The number of benzene rings is 6. The minimum Gasteiger partial charge on any atom is -0.145 e. The quantitative estimate of drug-likeness (QED) is 0.120. The second kappa shape index (κ2) is 14.8. The molecule has 0 radical (unpaired) electrons. The van der Waals surface area contributed by atoms with Gasteiger partial charge < -0.3 is 0 Å². The van der Waals surface area contributed by atoms with Gasteiger partial charge in [-0.05, 0) is 54.7 Å². The molecule has 0 spiro atoms. The van der Waals surface area contributed by atoms with Gasteiger partial charge in [0.2, 0.25) is 0 Å². The normalized spacial score (nSPS) is 12.6. The molecule has 0 bridgehead atoms. The van der Waals surface area contributed by atoms with Crippen LogP contribution in [0.4, 0.5) is 0 Å². The summed E-state index contributed by atoms with van der Waals surface area (Å²) in [5.74, 6) is 0. The van der Waals surface area contributed by atoms with Gasteiger partial charge in [-0.25, -0.2) is 0 Å². The van der Waals surface area contributed by atoms with Gasteiger partial charge >= 0.3 is 0 Å².